The number of hydrogen-bond donors (Lipinski definition) is 0. The Bertz CT molecular complexity index is 177. The minimum Gasteiger partial charge on any atom is -0.457 e. The predicted molar refractivity (Wildman–Crippen MR) is 41.1 cm³/mol. The Kier molecular flexibility index (Phi) is 3.65. The van der Waals surface area contributed by atoms with Crippen LogP contribution in [0.3, 0.4) is 0 Å². The summed E-state index contributed by atoms with van der Waals surface area (Å²) in [6.45, 7) is 5.00. The van der Waals surface area contributed by atoms with Crippen LogP contribution >= 0.6 is 0 Å². The first-order valence-corrected chi connectivity index (χ1v) is 3.66. The van der Waals surface area contributed by atoms with Crippen molar-refractivity contribution in [2.24, 2.45) is 0 Å². The Morgan fingerprint density at radius 3 is 2.45 bits per heavy atom. The number of esters is 1. The van der Waals surface area contributed by atoms with Crippen molar-refractivity contribution >= 4 is 11.8 Å². The van der Waals surface area contributed by atoms with Gasteiger partial charge in [0.05, 0.1) is 6.10 Å². The van der Waals surface area contributed by atoms with Gasteiger partial charge in [0, 0.05) is 7.77 Å². The van der Waals surface area contributed by atoms with Crippen molar-refractivity contribution in [1.82, 2.24) is 0 Å². The molecule has 0 saturated heterocycles. The molecule has 0 aliphatic heterocycles. The number of rotatable bonds is 4. The second kappa shape index (κ2) is 4.88. The molecule has 0 aliphatic carbocycles. The molecule has 0 saturated carbocycles. The van der Waals surface area contributed by atoms with Crippen molar-refractivity contribution in [2.45, 2.75) is 39.7 Å². The lowest BCUT2D eigenvalue weighted by Gasteiger charge is -2.05. The second-order valence-electron chi connectivity index (χ2n) is 2.43. The van der Waals surface area contributed by atoms with Crippen molar-refractivity contribution in [3.8, 4) is 0 Å². The maximum atomic E-state index is 10.9. The molecule has 0 bridgehead atoms. The molecule has 3 heteroatoms. The maximum absolute atomic E-state index is 10.9. The van der Waals surface area contributed by atoms with Crippen LogP contribution in [0.4, 0.5) is 0 Å². The maximum Gasteiger partial charge on any atom is 0.374 e. The minimum atomic E-state index is -0.976. The average molecular weight is 159 g/mol. The van der Waals surface area contributed by atoms with Gasteiger partial charge in [-0.2, -0.15) is 0 Å². The Hall–Kier alpha value is -0.860. The van der Waals surface area contributed by atoms with Gasteiger partial charge in [-0.15, -0.1) is 0 Å². The molecule has 1 atom stereocenters. The van der Waals surface area contributed by atoms with Gasteiger partial charge >= 0.3 is 5.97 Å². The number of ketones is 1. The second-order valence-corrected chi connectivity index (χ2v) is 2.43. The third kappa shape index (κ3) is 4.53. The molecular formula is C8H14O3. The summed E-state index contributed by atoms with van der Waals surface area (Å²) in [5, 5.41) is 0. The van der Waals surface area contributed by atoms with Crippen LogP contribution < -0.4 is 0 Å². The van der Waals surface area contributed by atoms with Gasteiger partial charge in [-0.3, -0.25) is 4.79 Å². The highest BCUT2D eigenvalue weighted by atomic mass is 16.5. The Morgan fingerprint density at radius 2 is 2.09 bits per heavy atom. The summed E-state index contributed by atoms with van der Waals surface area (Å²) >= 11 is 0. The Morgan fingerprint density at radius 1 is 1.55 bits per heavy atom. The van der Waals surface area contributed by atoms with Crippen molar-refractivity contribution in [2.75, 3.05) is 0 Å². The topological polar surface area (TPSA) is 43.4 Å². The summed E-state index contributed by atoms with van der Waals surface area (Å²) in [4.78, 5) is 21.8. The SMILES string of the molecule is [2H]C(CC)C(=O)C(=O)OC(C)C. The summed E-state index contributed by atoms with van der Waals surface area (Å²) in [5.74, 6) is -1.65. The van der Waals surface area contributed by atoms with E-state index in [1.807, 2.05) is 0 Å². The fraction of sp³-hybridized carbons (Fsp3) is 0.750. The highest BCUT2D eigenvalue weighted by Crippen LogP contribution is 1.95. The van der Waals surface area contributed by atoms with Crippen LogP contribution in [0.5, 0.6) is 0 Å². The zero-order chi connectivity index (χ0) is 9.72. The van der Waals surface area contributed by atoms with Crippen LogP contribution in [0.15, 0.2) is 0 Å². The zero-order valence-corrected chi connectivity index (χ0v) is 7.09. The molecule has 0 spiro atoms. The zero-order valence-electron chi connectivity index (χ0n) is 8.09. The van der Waals surface area contributed by atoms with Crippen LogP contribution in [-0.2, 0) is 14.3 Å². The minimum absolute atomic E-state index is 0.300. The highest BCUT2D eigenvalue weighted by molar-refractivity contribution is 6.33. The number of carbonyl (C=O) groups is 2. The van der Waals surface area contributed by atoms with Gasteiger partial charge in [0.2, 0.25) is 5.78 Å². The molecule has 0 heterocycles. The van der Waals surface area contributed by atoms with E-state index in [4.69, 9.17) is 1.37 Å². The fourth-order valence-electron chi connectivity index (χ4n) is 0.541. The lowest BCUT2D eigenvalue weighted by molar-refractivity contribution is -0.156. The largest absolute Gasteiger partial charge is 0.457 e. The van der Waals surface area contributed by atoms with E-state index in [0.717, 1.165) is 0 Å². The summed E-state index contributed by atoms with van der Waals surface area (Å²) < 4.78 is 11.8. The molecule has 0 aliphatic rings. The monoisotopic (exact) mass is 159 g/mol. The molecule has 0 N–H and O–H groups in total. The molecule has 11 heavy (non-hydrogen) atoms. The van der Waals surface area contributed by atoms with Crippen LogP contribution in [-0.4, -0.2) is 17.9 Å². The van der Waals surface area contributed by atoms with E-state index >= 15 is 0 Å². The quantitative estimate of drug-likeness (QED) is 0.459. The Balaban J connectivity index is 4.02. The molecule has 0 radical (unpaired) electrons. The van der Waals surface area contributed by atoms with Gasteiger partial charge < -0.3 is 4.74 Å². The first kappa shape index (κ1) is 8.24. The third-order valence-electron chi connectivity index (χ3n) is 0.933. The molecule has 0 aromatic carbocycles. The first-order chi connectivity index (χ1) is 5.49. The highest BCUT2D eigenvalue weighted by Gasteiger charge is 2.14. The summed E-state index contributed by atoms with van der Waals surface area (Å²) in [7, 11) is 0. The number of carbonyl (C=O) groups excluding carboxylic acids is 2. The van der Waals surface area contributed by atoms with E-state index in [-0.39, 0.29) is 6.10 Å². The van der Waals surface area contributed by atoms with Crippen molar-refractivity contribution in [1.29, 1.82) is 0 Å². The molecule has 0 amide bonds. The molecule has 0 aromatic heterocycles. The summed E-state index contributed by atoms with van der Waals surface area (Å²) in [5.41, 5.74) is 0. The molecular weight excluding hydrogens is 144 g/mol. The number of ether oxygens (including phenoxy) is 1. The van der Waals surface area contributed by atoms with E-state index in [0.29, 0.717) is 6.42 Å². The van der Waals surface area contributed by atoms with Gasteiger partial charge in [-0.25, -0.2) is 4.79 Å². The van der Waals surface area contributed by atoms with E-state index in [2.05, 4.69) is 4.74 Å². The third-order valence-corrected chi connectivity index (χ3v) is 0.933. The predicted octanol–water partition coefficient (Wildman–Crippen LogP) is 1.31. The van der Waals surface area contributed by atoms with Gasteiger partial charge in [0.1, 0.15) is 0 Å². The standard InChI is InChI=1S/C8H14O3/c1-4-5-7(9)8(10)11-6(2)3/h6H,4-5H2,1-3H3/i5D. The van der Waals surface area contributed by atoms with E-state index < -0.39 is 18.1 Å². The first-order valence-electron chi connectivity index (χ1n) is 4.23. The van der Waals surface area contributed by atoms with Crippen LogP contribution in [0.25, 0.3) is 0 Å². The molecule has 1 unspecified atom stereocenters. The molecule has 0 aromatic rings. The van der Waals surface area contributed by atoms with Crippen LogP contribution in [0.2, 0.25) is 0 Å². The fourth-order valence-corrected chi connectivity index (χ4v) is 0.541. The van der Waals surface area contributed by atoms with Gasteiger partial charge in [0.25, 0.3) is 0 Å². The van der Waals surface area contributed by atoms with Crippen LogP contribution in [0.1, 0.15) is 35.0 Å². The van der Waals surface area contributed by atoms with Gasteiger partial charge in [-0.1, -0.05) is 6.92 Å². The molecule has 64 valence electrons. The number of Topliss-reactive ketones (excluding diaryl/α,β-unsaturated/α-hetero) is 1. The summed E-state index contributed by atoms with van der Waals surface area (Å²) in [6.07, 6.45) is -0.937. The van der Waals surface area contributed by atoms with Crippen molar-refractivity contribution in [3.05, 3.63) is 0 Å². The van der Waals surface area contributed by atoms with E-state index in [1.165, 1.54) is 0 Å². The van der Waals surface area contributed by atoms with Crippen LogP contribution in [0, 0.1) is 0 Å². The van der Waals surface area contributed by atoms with E-state index in [1.54, 1.807) is 20.8 Å². The summed E-state index contributed by atoms with van der Waals surface area (Å²) in [6, 6.07) is 0. The van der Waals surface area contributed by atoms with E-state index in [9.17, 15) is 9.59 Å². The average Bonchev–Trinajstić information content (AvgIpc) is 2.00. The van der Waals surface area contributed by atoms with Gasteiger partial charge in [0.15, 0.2) is 0 Å². The molecule has 0 fully saturated rings. The Labute approximate surface area is 68.1 Å². The lowest BCUT2D eigenvalue weighted by Crippen LogP contribution is -2.20. The molecule has 3 nitrogen and oxygen atoms in total. The lowest BCUT2D eigenvalue weighted by atomic mass is 10.2. The molecule has 0 rings (SSSR count). The van der Waals surface area contributed by atoms with Gasteiger partial charge in [-0.05, 0) is 20.3 Å². The number of hydrogen-bond acceptors (Lipinski definition) is 3. The van der Waals surface area contributed by atoms with Crippen molar-refractivity contribution < 1.29 is 15.7 Å². The van der Waals surface area contributed by atoms with Crippen molar-refractivity contribution in [3.63, 3.8) is 0 Å². The normalized spacial score (nSPS) is 14.0. The smallest absolute Gasteiger partial charge is 0.374 e.